The highest BCUT2D eigenvalue weighted by molar-refractivity contribution is 5.88. The summed E-state index contributed by atoms with van der Waals surface area (Å²) in [6.45, 7) is 3.49. The van der Waals surface area contributed by atoms with Gasteiger partial charge in [-0.2, -0.15) is 0 Å². The lowest BCUT2D eigenvalue weighted by Crippen LogP contribution is -2.02. The van der Waals surface area contributed by atoms with E-state index in [4.69, 9.17) is 9.52 Å². The minimum absolute atomic E-state index is 0.0308. The molecule has 0 aliphatic heterocycles. The fourth-order valence-corrected chi connectivity index (χ4v) is 1.97. The molecule has 7 nitrogen and oxygen atoms in total. The summed E-state index contributed by atoms with van der Waals surface area (Å²) in [6, 6.07) is 6.25. The highest BCUT2D eigenvalue weighted by atomic mass is 16.6. The normalized spacial score (nSPS) is 10.4. The van der Waals surface area contributed by atoms with Gasteiger partial charge in [-0.3, -0.25) is 10.1 Å². The number of nitrogens with zero attached hydrogens (tertiary/aromatic N) is 1. The molecule has 110 valence electrons. The number of nitro benzene ring substituents is 1. The molecule has 0 unspecified atom stereocenters. The first-order chi connectivity index (χ1) is 9.88. The first-order valence-corrected chi connectivity index (χ1v) is 6.20. The van der Waals surface area contributed by atoms with Crippen LogP contribution in [-0.4, -0.2) is 16.0 Å². The lowest BCUT2D eigenvalue weighted by Gasteiger charge is -2.06. The summed E-state index contributed by atoms with van der Waals surface area (Å²) in [5, 5.41) is 22.8. The van der Waals surface area contributed by atoms with Crippen molar-refractivity contribution in [3.63, 3.8) is 0 Å². The number of aryl methyl sites for hydroxylation is 2. The number of carboxylic acid groups (broad SMARTS) is 1. The molecule has 0 atom stereocenters. The highest BCUT2D eigenvalue weighted by Gasteiger charge is 2.16. The van der Waals surface area contributed by atoms with Crippen LogP contribution >= 0.6 is 0 Å². The predicted molar refractivity (Wildman–Crippen MR) is 75.6 cm³/mol. The first kappa shape index (κ1) is 14.6. The van der Waals surface area contributed by atoms with E-state index in [0.29, 0.717) is 17.2 Å². The van der Waals surface area contributed by atoms with E-state index in [0.717, 1.165) is 5.56 Å². The smallest absolute Gasteiger partial charge is 0.339 e. The van der Waals surface area contributed by atoms with E-state index in [1.807, 2.05) is 0 Å². The van der Waals surface area contributed by atoms with Gasteiger partial charge >= 0.3 is 5.97 Å². The Hall–Kier alpha value is -2.83. The Morgan fingerprint density at radius 3 is 2.67 bits per heavy atom. The average molecular weight is 290 g/mol. The SMILES string of the molecule is Cc1ccc(NCc2cc(C(=O)O)c(C)o2)c([N+](=O)[O-])c1. The maximum atomic E-state index is 11.0. The van der Waals surface area contributed by atoms with Crippen molar-refractivity contribution in [2.75, 3.05) is 5.32 Å². The Balaban J connectivity index is 2.19. The third kappa shape index (κ3) is 3.19. The minimum atomic E-state index is -1.07. The van der Waals surface area contributed by atoms with Gasteiger partial charge in [0.2, 0.25) is 0 Å². The van der Waals surface area contributed by atoms with Crippen LogP contribution in [0.3, 0.4) is 0 Å². The number of rotatable bonds is 5. The molecule has 0 saturated heterocycles. The van der Waals surface area contributed by atoms with E-state index in [9.17, 15) is 14.9 Å². The molecule has 1 aromatic carbocycles. The Bertz CT molecular complexity index is 705. The van der Waals surface area contributed by atoms with Crippen LogP contribution in [0.15, 0.2) is 28.7 Å². The molecule has 2 N–H and O–H groups in total. The van der Waals surface area contributed by atoms with Gasteiger partial charge < -0.3 is 14.8 Å². The largest absolute Gasteiger partial charge is 0.478 e. The molecule has 2 aromatic rings. The highest BCUT2D eigenvalue weighted by Crippen LogP contribution is 2.26. The van der Waals surface area contributed by atoms with Gasteiger partial charge in [0.15, 0.2) is 0 Å². The zero-order valence-corrected chi connectivity index (χ0v) is 11.5. The quantitative estimate of drug-likeness (QED) is 0.647. The number of aromatic carboxylic acids is 1. The fourth-order valence-electron chi connectivity index (χ4n) is 1.97. The van der Waals surface area contributed by atoms with E-state index < -0.39 is 10.9 Å². The standard InChI is InChI=1S/C14H14N2O5/c1-8-3-4-12(13(5-8)16(19)20)15-7-10-6-11(14(17)18)9(2)21-10/h3-6,15H,7H2,1-2H3,(H,17,18). The predicted octanol–water partition coefficient (Wildman–Crippen LogP) is 3.11. The van der Waals surface area contributed by atoms with Crippen molar-refractivity contribution >= 4 is 17.3 Å². The lowest BCUT2D eigenvalue weighted by molar-refractivity contribution is -0.384. The molecule has 0 saturated carbocycles. The average Bonchev–Trinajstić information content (AvgIpc) is 2.78. The van der Waals surface area contributed by atoms with Crippen molar-refractivity contribution in [1.82, 2.24) is 0 Å². The van der Waals surface area contributed by atoms with Gasteiger partial charge in [-0.1, -0.05) is 6.07 Å². The van der Waals surface area contributed by atoms with Gasteiger partial charge in [0.05, 0.1) is 11.5 Å². The topological polar surface area (TPSA) is 106 Å². The Morgan fingerprint density at radius 2 is 2.10 bits per heavy atom. The number of benzene rings is 1. The summed E-state index contributed by atoms with van der Waals surface area (Å²) >= 11 is 0. The van der Waals surface area contributed by atoms with Crippen LogP contribution in [0.1, 0.15) is 27.4 Å². The van der Waals surface area contributed by atoms with E-state index in [2.05, 4.69) is 5.32 Å². The maximum Gasteiger partial charge on any atom is 0.339 e. The molecule has 2 rings (SSSR count). The zero-order valence-electron chi connectivity index (χ0n) is 11.5. The zero-order chi connectivity index (χ0) is 15.6. The Morgan fingerprint density at radius 1 is 1.38 bits per heavy atom. The molecule has 0 bridgehead atoms. The van der Waals surface area contributed by atoms with Crippen molar-refractivity contribution in [1.29, 1.82) is 0 Å². The van der Waals surface area contributed by atoms with Crippen LogP contribution in [0.25, 0.3) is 0 Å². The lowest BCUT2D eigenvalue weighted by atomic mass is 10.2. The fraction of sp³-hybridized carbons (Fsp3) is 0.214. The summed E-state index contributed by atoms with van der Waals surface area (Å²) in [4.78, 5) is 21.5. The van der Waals surface area contributed by atoms with Crippen LogP contribution in [0, 0.1) is 24.0 Å². The summed E-state index contributed by atoms with van der Waals surface area (Å²) in [5.41, 5.74) is 1.20. The Kier molecular flexibility index (Phi) is 3.93. The molecule has 1 heterocycles. The molecular weight excluding hydrogens is 276 g/mol. The molecule has 0 spiro atoms. The first-order valence-electron chi connectivity index (χ1n) is 6.20. The van der Waals surface area contributed by atoms with E-state index in [1.54, 1.807) is 26.0 Å². The van der Waals surface area contributed by atoms with Crippen LogP contribution in [0.4, 0.5) is 11.4 Å². The molecule has 0 fully saturated rings. The summed E-state index contributed by atoms with van der Waals surface area (Å²) < 4.78 is 5.31. The second-order valence-corrected chi connectivity index (χ2v) is 4.62. The van der Waals surface area contributed by atoms with Crippen molar-refractivity contribution in [3.8, 4) is 0 Å². The van der Waals surface area contributed by atoms with Crippen molar-refractivity contribution in [2.24, 2.45) is 0 Å². The number of nitro groups is 1. The number of carbonyl (C=O) groups is 1. The van der Waals surface area contributed by atoms with Gasteiger partial charge in [-0.25, -0.2) is 4.79 Å². The monoisotopic (exact) mass is 290 g/mol. The van der Waals surface area contributed by atoms with E-state index >= 15 is 0 Å². The summed E-state index contributed by atoms with van der Waals surface area (Å²) in [6.07, 6.45) is 0. The second-order valence-electron chi connectivity index (χ2n) is 4.62. The second kappa shape index (κ2) is 5.66. The minimum Gasteiger partial charge on any atom is -0.478 e. The van der Waals surface area contributed by atoms with E-state index in [-0.39, 0.29) is 17.8 Å². The number of carboxylic acids is 1. The molecule has 7 heteroatoms. The number of anilines is 1. The molecule has 1 aromatic heterocycles. The number of furan rings is 1. The van der Waals surface area contributed by atoms with E-state index in [1.165, 1.54) is 12.1 Å². The molecule has 0 aliphatic rings. The maximum absolute atomic E-state index is 11.0. The number of nitrogens with one attached hydrogen (secondary N) is 1. The van der Waals surface area contributed by atoms with Crippen LogP contribution in [0.5, 0.6) is 0 Å². The third-order valence-electron chi connectivity index (χ3n) is 3.00. The molecular formula is C14H14N2O5. The Labute approximate surface area is 120 Å². The van der Waals surface area contributed by atoms with Crippen molar-refractivity contribution in [2.45, 2.75) is 20.4 Å². The van der Waals surface area contributed by atoms with Crippen molar-refractivity contribution in [3.05, 3.63) is 57.0 Å². The van der Waals surface area contributed by atoms with Gasteiger partial charge in [0, 0.05) is 6.07 Å². The van der Waals surface area contributed by atoms with Crippen LogP contribution in [0.2, 0.25) is 0 Å². The van der Waals surface area contributed by atoms with Gasteiger partial charge in [0.25, 0.3) is 5.69 Å². The van der Waals surface area contributed by atoms with Gasteiger partial charge in [0.1, 0.15) is 22.8 Å². The van der Waals surface area contributed by atoms with Crippen LogP contribution in [-0.2, 0) is 6.54 Å². The third-order valence-corrected chi connectivity index (χ3v) is 3.00. The number of hydrogen-bond acceptors (Lipinski definition) is 5. The van der Waals surface area contributed by atoms with Crippen molar-refractivity contribution < 1.29 is 19.2 Å². The van der Waals surface area contributed by atoms with Gasteiger partial charge in [-0.05, 0) is 31.5 Å². The molecule has 0 amide bonds. The molecule has 21 heavy (non-hydrogen) atoms. The number of hydrogen-bond donors (Lipinski definition) is 2. The summed E-state index contributed by atoms with van der Waals surface area (Å²) in [7, 11) is 0. The molecule has 0 aliphatic carbocycles. The summed E-state index contributed by atoms with van der Waals surface area (Å²) in [5.74, 6) is -0.360. The van der Waals surface area contributed by atoms with Gasteiger partial charge in [-0.15, -0.1) is 0 Å². The van der Waals surface area contributed by atoms with Crippen LogP contribution < -0.4 is 5.32 Å². The molecule has 0 radical (unpaired) electrons.